The molecule has 0 saturated carbocycles. The maximum atomic E-state index is 13.0. The van der Waals surface area contributed by atoms with Gasteiger partial charge in [0.25, 0.3) is 0 Å². The number of sulfonamides is 1. The summed E-state index contributed by atoms with van der Waals surface area (Å²) < 4.78 is 40.9. The fourth-order valence-corrected chi connectivity index (χ4v) is 2.87. The lowest BCUT2D eigenvalue weighted by molar-refractivity contribution is 0.578. The summed E-state index contributed by atoms with van der Waals surface area (Å²) in [6.45, 7) is 0.157. The molecule has 0 bridgehead atoms. The van der Waals surface area contributed by atoms with Crippen molar-refractivity contribution in [2.45, 2.75) is 11.3 Å². The molecule has 108 valence electrons. The fourth-order valence-electron chi connectivity index (χ4n) is 1.57. The molecule has 0 aliphatic carbocycles. The first-order valence-electron chi connectivity index (χ1n) is 5.68. The van der Waals surface area contributed by atoms with E-state index in [1.54, 1.807) is 11.7 Å². The molecule has 20 heavy (non-hydrogen) atoms. The molecule has 1 aromatic carbocycles. The van der Waals surface area contributed by atoms with E-state index in [-0.39, 0.29) is 16.5 Å². The van der Waals surface area contributed by atoms with Crippen LogP contribution in [0.3, 0.4) is 0 Å². The molecule has 0 radical (unpaired) electrons. The van der Waals surface area contributed by atoms with Crippen LogP contribution in [-0.2, 0) is 23.5 Å². The second-order valence-corrected chi connectivity index (χ2v) is 6.20. The largest absolute Gasteiger partial charge is 0.253 e. The van der Waals surface area contributed by atoms with Crippen LogP contribution in [0.25, 0.3) is 0 Å². The predicted octanol–water partition coefficient (Wildman–Crippen LogP) is 1.13. The molecule has 0 saturated heterocycles. The van der Waals surface area contributed by atoms with E-state index in [0.29, 0.717) is 12.2 Å². The highest BCUT2D eigenvalue weighted by atomic mass is 35.5. The van der Waals surface area contributed by atoms with E-state index in [4.69, 9.17) is 11.6 Å². The number of benzene rings is 1. The minimum Gasteiger partial charge on any atom is -0.253 e. The highest BCUT2D eigenvalue weighted by molar-refractivity contribution is 7.89. The Kier molecular flexibility index (Phi) is 4.36. The molecular weight excluding hydrogens is 307 g/mol. The molecule has 0 fully saturated rings. The highest BCUT2D eigenvalue weighted by Gasteiger charge is 2.15. The Morgan fingerprint density at radius 2 is 2.20 bits per heavy atom. The standard InChI is InChI=1S/C11H12ClFN4O2S/c1-17-11(14-7-15-17)4-5-16-20(18,19)8-2-3-10(13)9(12)6-8/h2-3,6-7,16H,4-5H2,1H3. The number of rotatable bonds is 5. The molecule has 0 aliphatic heterocycles. The second-order valence-electron chi connectivity index (χ2n) is 4.02. The zero-order valence-electron chi connectivity index (χ0n) is 10.5. The van der Waals surface area contributed by atoms with Gasteiger partial charge in [-0.25, -0.2) is 22.5 Å². The van der Waals surface area contributed by atoms with Crippen LogP contribution >= 0.6 is 11.6 Å². The third-order valence-corrected chi connectivity index (χ3v) is 4.40. The molecule has 0 atom stereocenters. The van der Waals surface area contributed by atoms with Gasteiger partial charge in [-0.05, 0) is 18.2 Å². The molecule has 0 amide bonds. The SMILES string of the molecule is Cn1ncnc1CCNS(=O)(=O)c1ccc(F)c(Cl)c1. The van der Waals surface area contributed by atoms with Gasteiger partial charge in [0.05, 0.1) is 9.92 Å². The minimum atomic E-state index is -3.72. The van der Waals surface area contributed by atoms with Gasteiger partial charge in [-0.15, -0.1) is 0 Å². The zero-order valence-corrected chi connectivity index (χ0v) is 12.1. The monoisotopic (exact) mass is 318 g/mol. The molecule has 2 aromatic rings. The molecule has 0 aliphatic rings. The van der Waals surface area contributed by atoms with Crippen molar-refractivity contribution in [1.82, 2.24) is 19.5 Å². The Balaban J connectivity index is 2.04. The van der Waals surface area contributed by atoms with E-state index in [1.165, 1.54) is 6.33 Å². The zero-order chi connectivity index (χ0) is 14.8. The number of hydrogen-bond acceptors (Lipinski definition) is 4. The van der Waals surface area contributed by atoms with Crippen molar-refractivity contribution in [2.24, 2.45) is 7.05 Å². The number of aromatic nitrogens is 3. The van der Waals surface area contributed by atoms with Crippen LogP contribution < -0.4 is 4.72 Å². The lowest BCUT2D eigenvalue weighted by Gasteiger charge is -2.07. The average molecular weight is 319 g/mol. The highest BCUT2D eigenvalue weighted by Crippen LogP contribution is 2.19. The van der Waals surface area contributed by atoms with Crippen molar-refractivity contribution in [3.63, 3.8) is 0 Å². The molecule has 1 heterocycles. The predicted molar refractivity (Wildman–Crippen MR) is 71.3 cm³/mol. The van der Waals surface area contributed by atoms with E-state index in [2.05, 4.69) is 14.8 Å². The molecule has 6 nitrogen and oxygen atoms in total. The van der Waals surface area contributed by atoms with Crippen molar-refractivity contribution >= 4 is 21.6 Å². The van der Waals surface area contributed by atoms with E-state index in [1.807, 2.05) is 0 Å². The Morgan fingerprint density at radius 1 is 1.45 bits per heavy atom. The van der Waals surface area contributed by atoms with Gasteiger partial charge in [0.15, 0.2) is 0 Å². The third kappa shape index (κ3) is 3.33. The topological polar surface area (TPSA) is 76.9 Å². The summed E-state index contributed by atoms with van der Waals surface area (Å²) in [6, 6.07) is 3.24. The second kappa shape index (κ2) is 5.86. The molecular formula is C11H12ClFN4O2S. The number of nitrogens with zero attached hydrogens (tertiary/aromatic N) is 3. The minimum absolute atomic E-state index is 0.0816. The van der Waals surface area contributed by atoms with Crippen molar-refractivity contribution in [1.29, 1.82) is 0 Å². The smallest absolute Gasteiger partial charge is 0.240 e. The van der Waals surface area contributed by atoms with Crippen LogP contribution in [0.2, 0.25) is 5.02 Å². The quantitative estimate of drug-likeness (QED) is 0.896. The number of nitrogens with one attached hydrogen (secondary N) is 1. The van der Waals surface area contributed by atoms with Gasteiger partial charge in [0, 0.05) is 20.0 Å². The summed E-state index contributed by atoms with van der Waals surface area (Å²) in [5.74, 6) is -0.00506. The van der Waals surface area contributed by atoms with Crippen molar-refractivity contribution < 1.29 is 12.8 Å². The maximum Gasteiger partial charge on any atom is 0.240 e. The average Bonchev–Trinajstić information content (AvgIpc) is 2.78. The first-order chi connectivity index (χ1) is 9.40. The third-order valence-electron chi connectivity index (χ3n) is 2.65. The van der Waals surface area contributed by atoms with Gasteiger partial charge in [0.2, 0.25) is 10.0 Å². The van der Waals surface area contributed by atoms with Crippen LogP contribution in [0.1, 0.15) is 5.82 Å². The summed E-state index contributed by atoms with van der Waals surface area (Å²) >= 11 is 5.57. The number of halogens is 2. The van der Waals surface area contributed by atoms with E-state index in [9.17, 15) is 12.8 Å². The first kappa shape index (κ1) is 14.9. The van der Waals surface area contributed by atoms with Gasteiger partial charge in [0.1, 0.15) is 18.0 Å². The molecule has 0 unspecified atom stereocenters. The molecule has 1 aromatic heterocycles. The summed E-state index contributed by atoms with van der Waals surface area (Å²) in [4.78, 5) is 3.90. The van der Waals surface area contributed by atoms with Gasteiger partial charge >= 0.3 is 0 Å². The van der Waals surface area contributed by atoms with Gasteiger partial charge in [-0.3, -0.25) is 4.68 Å². The van der Waals surface area contributed by atoms with Crippen LogP contribution in [0.15, 0.2) is 29.4 Å². The summed E-state index contributed by atoms with van der Waals surface area (Å²) in [5.41, 5.74) is 0. The van der Waals surface area contributed by atoms with Gasteiger partial charge in [-0.1, -0.05) is 11.6 Å². The normalized spacial score (nSPS) is 11.8. The van der Waals surface area contributed by atoms with Crippen molar-refractivity contribution in [3.05, 3.63) is 41.2 Å². The van der Waals surface area contributed by atoms with Crippen LogP contribution in [0.4, 0.5) is 4.39 Å². The van der Waals surface area contributed by atoms with Crippen molar-refractivity contribution in [3.8, 4) is 0 Å². The van der Waals surface area contributed by atoms with E-state index >= 15 is 0 Å². The molecule has 0 spiro atoms. The lowest BCUT2D eigenvalue weighted by atomic mass is 10.3. The first-order valence-corrected chi connectivity index (χ1v) is 7.54. The van der Waals surface area contributed by atoms with Crippen LogP contribution in [0, 0.1) is 5.82 Å². The Bertz CT molecular complexity index is 717. The van der Waals surface area contributed by atoms with Gasteiger partial charge in [-0.2, -0.15) is 5.10 Å². The van der Waals surface area contributed by atoms with Crippen molar-refractivity contribution in [2.75, 3.05) is 6.54 Å². The van der Waals surface area contributed by atoms with Crippen LogP contribution in [-0.4, -0.2) is 29.7 Å². The fraction of sp³-hybridized carbons (Fsp3) is 0.273. The van der Waals surface area contributed by atoms with Gasteiger partial charge < -0.3 is 0 Å². The van der Waals surface area contributed by atoms with E-state index in [0.717, 1.165) is 18.2 Å². The molecule has 1 N–H and O–H groups in total. The maximum absolute atomic E-state index is 13.0. The van der Waals surface area contributed by atoms with Crippen LogP contribution in [0.5, 0.6) is 0 Å². The number of hydrogen-bond donors (Lipinski definition) is 1. The Morgan fingerprint density at radius 3 is 2.80 bits per heavy atom. The summed E-state index contributed by atoms with van der Waals surface area (Å²) in [5, 5.41) is 3.65. The summed E-state index contributed by atoms with van der Waals surface area (Å²) in [6.07, 6.45) is 1.79. The lowest BCUT2D eigenvalue weighted by Crippen LogP contribution is -2.26. The Hall–Kier alpha value is -1.51. The molecule has 9 heteroatoms. The Labute approximate surface area is 120 Å². The number of aryl methyl sites for hydroxylation is 1. The summed E-state index contributed by atoms with van der Waals surface area (Å²) in [7, 11) is -2.01. The molecule has 2 rings (SSSR count). The van der Waals surface area contributed by atoms with E-state index < -0.39 is 15.8 Å².